The summed E-state index contributed by atoms with van der Waals surface area (Å²) in [6.07, 6.45) is 9.76. The van der Waals surface area contributed by atoms with E-state index in [0.717, 1.165) is 31.0 Å². The number of piperidine rings is 1. The fourth-order valence-corrected chi connectivity index (χ4v) is 4.54. The molecule has 2 aromatic rings. The molecule has 160 valence electrons. The Morgan fingerprint density at radius 1 is 1.03 bits per heavy atom. The molecule has 0 bridgehead atoms. The molecule has 2 aliphatic rings. The maximum atomic E-state index is 6.04. The first-order valence-electron chi connectivity index (χ1n) is 11.1. The molecule has 1 saturated heterocycles. The molecule has 2 N–H and O–H groups in total. The van der Waals surface area contributed by atoms with Gasteiger partial charge in [0, 0.05) is 24.7 Å². The molecule has 1 aromatic carbocycles. The van der Waals surface area contributed by atoms with Crippen LogP contribution < -0.4 is 20.3 Å². The van der Waals surface area contributed by atoms with Gasteiger partial charge in [0.2, 0.25) is 11.8 Å². The van der Waals surface area contributed by atoms with Crippen LogP contribution in [0.3, 0.4) is 0 Å². The minimum atomic E-state index is 0.434. The largest absolute Gasteiger partial charge is 0.439 e. The quantitative estimate of drug-likeness (QED) is 0.633. The van der Waals surface area contributed by atoms with Gasteiger partial charge in [-0.15, -0.1) is 0 Å². The smallest absolute Gasteiger partial charge is 0.234 e. The van der Waals surface area contributed by atoms with Crippen molar-refractivity contribution in [2.24, 2.45) is 0 Å². The zero-order valence-corrected chi connectivity index (χ0v) is 18.5. The summed E-state index contributed by atoms with van der Waals surface area (Å²) in [4.78, 5) is 11.7. The molecule has 2 fully saturated rings. The van der Waals surface area contributed by atoms with Gasteiger partial charge in [-0.2, -0.15) is 9.97 Å². The Morgan fingerprint density at radius 2 is 1.80 bits per heavy atom. The summed E-state index contributed by atoms with van der Waals surface area (Å²) in [6.45, 7) is 3.24. The minimum Gasteiger partial charge on any atom is -0.439 e. The number of benzene rings is 1. The van der Waals surface area contributed by atoms with Crippen molar-refractivity contribution >= 4 is 29.1 Å². The molecule has 0 radical (unpaired) electrons. The molecule has 1 unspecified atom stereocenters. The van der Waals surface area contributed by atoms with E-state index in [0.29, 0.717) is 29.0 Å². The lowest BCUT2D eigenvalue weighted by Crippen LogP contribution is -2.40. The molecule has 1 aromatic heterocycles. The topological polar surface area (TPSA) is 62.3 Å². The summed E-state index contributed by atoms with van der Waals surface area (Å²) < 4.78 is 6.04. The second-order valence-electron chi connectivity index (χ2n) is 8.27. The van der Waals surface area contributed by atoms with E-state index in [1.165, 1.54) is 38.5 Å². The highest BCUT2D eigenvalue weighted by Gasteiger charge is 2.22. The van der Waals surface area contributed by atoms with Crippen molar-refractivity contribution in [1.29, 1.82) is 0 Å². The van der Waals surface area contributed by atoms with Crippen molar-refractivity contribution in [2.45, 2.75) is 70.4 Å². The van der Waals surface area contributed by atoms with Gasteiger partial charge >= 0.3 is 0 Å². The SMILES string of the molecule is CC1CCCCN1c1cc(Oc2ccccc2)nc(NC(=S)NC2CCCCC2)n1. The van der Waals surface area contributed by atoms with Gasteiger partial charge in [0.1, 0.15) is 11.6 Å². The van der Waals surface area contributed by atoms with Crippen LogP contribution in [0.1, 0.15) is 58.3 Å². The lowest BCUT2D eigenvalue weighted by atomic mass is 9.96. The molecule has 1 atom stereocenters. The van der Waals surface area contributed by atoms with Crippen molar-refractivity contribution in [3.05, 3.63) is 36.4 Å². The average Bonchev–Trinajstić information content (AvgIpc) is 2.75. The lowest BCUT2D eigenvalue weighted by Gasteiger charge is -2.34. The highest BCUT2D eigenvalue weighted by molar-refractivity contribution is 7.80. The monoisotopic (exact) mass is 425 g/mol. The fraction of sp³-hybridized carbons (Fsp3) is 0.522. The summed E-state index contributed by atoms with van der Waals surface area (Å²) in [5.74, 6) is 2.63. The van der Waals surface area contributed by atoms with Gasteiger partial charge in [-0.3, -0.25) is 0 Å². The van der Waals surface area contributed by atoms with Crippen molar-refractivity contribution in [2.75, 3.05) is 16.8 Å². The molecule has 7 heteroatoms. The van der Waals surface area contributed by atoms with E-state index in [2.05, 4.69) is 27.4 Å². The predicted octanol–water partition coefficient (Wildman–Crippen LogP) is 5.27. The van der Waals surface area contributed by atoms with Gasteiger partial charge in [0.05, 0.1) is 0 Å². The molecule has 1 saturated carbocycles. The van der Waals surface area contributed by atoms with E-state index in [9.17, 15) is 0 Å². The molecule has 0 spiro atoms. The second kappa shape index (κ2) is 10.1. The van der Waals surface area contributed by atoms with Gasteiger partial charge in [-0.1, -0.05) is 37.5 Å². The number of nitrogens with one attached hydrogen (secondary N) is 2. The molecular formula is C23H31N5OS. The van der Waals surface area contributed by atoms with Crippen molar-refractivity contribution < 1.29 is 4.74 Å². The van der Waals surface area contributed by atoms with E-state index >= 15 is 0 Å². The number of nitrogens with zero attached hydrogens (tertiary/aromatic N) is 3. The van der Waals surface area contributed by atoms with Crippen LogP contribution in [0, 0.1) is 0 Å². The van der Waals surface area contributed by atoms with Crippen LogP contribution in [0.15, 0.2) is 36.4 Å². The number of hydrogen-bond donors (Lipinski definition) is 2. The Labute approximate surface area is 184 Å². The van der Waals surface area contributed by atoms with Crippen LogP contribution in [0.4, 0.5) is 11.8 Å². The van der Waals surface area contributed by atoms with Crippen molar-refractivity contribution in [3.63, 3.8) is 0 Å². The standard InChI is InChI=1S/C23H31N5OS/c1-17-10-8-9-15-28(17)20-16-21(29-19-13-6-3-7-14-19)26-22(25-20)27-23(30)24-18-11-4-2-5-12-18/h3,6-7,13-14,16-18H,2,4-5,8-12,15H2,1H3,(H2,24,25,26,27,30). The highest BCUT2D eigenvalue weighted by atomic mass is 32.1. The number of para-hydroxylation sites is 1. The number of hydrogen-bond acceptors (Lipinski definition) is 5. The van der Waals surface area contributed by atoms with Crippen LogP contribution in [0.5, 0.6) is 11.6 Å². The van der Waals surface area contributed by atoms with Crippen molar-refractivity contribution in [3.8, 4) is 11.6 Å². The van der Waals surface area contributed by atoms with E-state index < -0.39 is 0 Å². The summed E-state index contributed by atoms with van der Waals surface area (Å²) in [6, 6.07) is 12.5. The maximum absolute atomic E-state index is 6.04. The Balaban J connectivity index is 1.53. The predicted molar refractivity (Wildman–Crippen MR) is 125 cm³/mol. The summed E-state index contributed by atoms with van der Waals surface area (Å²) >= 11 is 5.56. The third-order valence-electron chi connectivity index (χ3n) is 5.92. The lowest BCUT2D eigenvalue weighted by molar-refractivity contribution is 0.414. The summed E-state index contributed by atoms with van der Waals surface area (Å²) in [5, 5.41) is 7.21. The first-order chi connectivity index (χ1) is 14.7. The van der Waals surface area contributed by atoms with Crippen LogP contribution in [0.25, 0.3) is 0 Å². The van der Waals surface area contributed by atoms with Crippen LogP contribution in [-0.2, 0) is 0 Å². The first-order valence-corrected chi connectivity index (χ1v) is 11.5. The van der Waals surface area contributed by atoms with Crippen molar-refractivity contribution in [1.82, 2.24) is 15.3 Å². The summed E-state index contributed by atoms with van der Waals surface area (Å²) in [5.41, 5.74) is 0. The number of rotatable bonds is 5. The molecule has 2 heterocycles. The summed E-state index contributed by atoms with van der Waals surface area (Å²) in [7, 11) is 0. The average molecular weight is 426 g/mol. The molecular weight excluding hydrogens is 394 g/mol. The maximum Gasteiger partial charge on any atom is 0.234 e. The number of anilines is 2. The molecule has 30 heavy (non-hydrogen) atoms. The number of aromatic nitrogens is 2. The fourth-order valence-electron chi connectivity index (χ4n) is 4.29. The van der Waals surface area contributed by atoms with Crippen LogP contribution >= 0.6 is 12.2 Å². The van der Waals surface area contributed by atoms with E-state index in [-0.39, 0.29) is 0 Å². The molecule has 1 aliphatic carbocycles. The molecule has 1 aliphatic heterocycles. The Morgan fingerprint density at radius 3 is 2.57 bits per heavy atom. The van der Waals surface area contributed by atoms with Gasteiger partial charge < -0.3 is 20.3 Å². The Bertz CT molecular complexity index is 841. The first kappa shape index (κ1) is 20.8. The second-order valence-corrected chi connectivity index (χ2v) is 8.68. The third kappa shape index (κ3) is 5.59. The molecule has 0 amide bonds. The zero-order valence-electron chi connectivity index (χ0n) is 17.6. The third-order valence-corrected chi connectivity index (χ3v) is 6.14. The van der Waals surface area contributed by atoms with Gasteiger partial charge in [-0.05, 0) is 63.4 Å². The van der Waals surface area contributed by atoms with E-state index in [1.807, 2.05) is 36.4 Å². The van der Waals surface area contributed by atoms with Gasteiger partial charge in [-0.25, -0.2) is 0 Å². The van der Waals surface area contributed by atoms with E-state index in [4.69, 9.17) is 21.9 Å². The molecule has 6 nitrogen and oxygen atoms in total. The normalized spacial score (nSPS) is 19.9. The number of ether oxygens (including phenoxy) is 1. The Hall–Kier alpha value is -2.41. The minimum absolute atomic E-state index is 0.434. The zero-order chi connectivity index (χ0) is 20.8. The van der Waals surface area contributed by atoms with E-state index in [1.54, 1.807) is 0 Å². The van der Waals surface area contributed by atoms with Gasteiger partial charge in [0.25, 0.3) is 0 Å². The van der Waals surface area contributed by atoms with Crippen LogP contribution in [0.2, 0.25) is 0 Å². The van der Waals surface area contributed by atoms with Gasteiger partial charge in [0.15, 0.2) is 5.11 Å². The molecule has 4 rings (SSSR count). The highest BCUT2D eigenvalue weighted by Crippen LogP contribution is 2.29. The number of thiocarbonyl (C=S) groups is 1. The Kier molecular flexibility index (Phi) is 7.00. The van der Waals surface area contributed by atoms with Crippen LogP contribution in [-0.4, -0.2) is 33.7 Å².